The van der Waals surface area contributed by atoms with Crippen LogP contribution in [0.3, 0.4) is 0 Å². The third kappa shape index (κ3) is 8.69. The molecule has 0 unspecified atom stereocenters. The van der Waals surface area contributed by atoms with Crippen LogP contribution in [0.15, 0.2) is 59.5 Å². The topological polar surface area (TPSA) is 191 Å². The number of pyridine rings is 1. The van der Waals surface area contributed by atoms with Crippen LogP contribution >= 0.6 is 0 Å². The van der Waals surface area contributed by atoms with Gasteiger partial charge in [-0.3, -0.25) is 24.0 Å². The molecule has 4 amide bonds. The van der Waals surface area contributed by atoms with Gasteiger partial charge in [-0.15, -0.1) is 0 Å². The first kappa shape index (κ1) is 38.5. The van der Waals surface area contributed by atoms with Gasteiger partial charge in [0.1, 0.15) is 5.82 Å². The third-order valence-corrected chi connectivity index (χ3v) is 10.2. The van der Waals surface area contributed by atoms with Crippen molar-refractivity contribution in [2.75, 3.05) is 95.5 Å². The van der Waals surface area contributed by atoms with E-state index in [1.165, 1.54) is 19.1 Å². The van der Waals surface area contributed by atoms with Crippen LogP contribution in [0.2, 0.25) is 0 Å². The minimum Gasteiger partial charge on any atom is -0.380 e. The number of halogens is 1. The van der Waals surface area contributed by atoms with Crippen molar-refractivity contribution in [3.8, 4) is 0 Å². The quantitative estimate of drug-likeness (QED) is 0.135. The van der Waals surface area contributed by atoms with Crippen LogP contribution in [0.1, 0.15) is 39.0 Å². The maximum absolute atomic E-state index is 14.9. The summed E-state index contributed by atoms with van der Waals surface area (Å²) in [7, 11) is 0. The first-order valence-electron chi connectivity index (χ1n) is 18.6. The van der Waals surface area contributed by atoms with Crippen molar-refractivity contribution in [3.63, 3.8) is 0 Å². The second kappa shape index (κ2) is 16.9. The Morgan fingerprint density at radius 2 is 1.70 bits per heavy atom. The minimum absolute atomic E-state index is 0.0575. The summed E-state index contributed by atoms with van der Waals surface area (Å²) in [5, 5.41) is 16.4. The van der Waals surface area contributed by atoms with Gasteiger partial charge >= 0.3 is 0 Å². The lowest BCUT2D eigenvalue weighted by Crippen LogP contribution is -2.66. The lowest BCUT2D eigenvalue weighted by Gasteiger charge is -2.55. The van der Waals surface area contributed by atoms with Crippen molar-refractivity contribution in [2.24, 2.45) is 5.41 Å². The third-order valence-electron chi connectivity index (χ3n) is 10.2. The van der Waals surface area contributed by atoms with Gasteiger partial charge in [-0.05, 0) is 29.8 Å². The summed E-state index contributed by atoms with van der Waals surface area (Å²) in [4.78, 5) is 72.8. The number of carbonyl (C=O) groups is 4. The Balaban J connectivity index is 0.796. The molecule has 56 heavy (non-hydrogen) atoms. The maximum atomic E-state index is 14.9. The number of hydrogen-bond acceptors (Lipinski definition) is 11. The molecule has 0 saturated carbocycles. The number of aromatic nitrogens is 3. The molecule has 294 valence electrons. The van der Waals surface area contributed by atoms with Crippen LogP contribution < -0.4 is 26.4 Å². The minimum atomic E-state index is -0.635. The first-order chi connectivity index (χ1) is 27.1. The average Bonchev–Trinajstić information content (AvgIpc) is 3.16. The lowest BCUT2D eigenvalue weighted by molar-refractivity contribution is -0.131. The first-order valence-corrected chi connectivity index (χ1v) is 18.6. The fourth-order valence-corrected chi connectivity index (χ4v) is 7.16. The molecule has 5 heterocycles. The molecule has 3 fully saturated rings. The molecule has 0 bridgehead atoms. The standard InChI is InChI=1S/C39H44FN9O7/c1-25(50)44-33-18-27(49-21-39(22-49)23-56-24-39)19-43-35(33)37(53)42-9-15-55-14-8-41-20-34(51)47-10-12-48(13-11-47)38(54)30-16-26(6-7-31(30)40)17-32-28-4-2-3-5-29(28)36(52)46-45-32/h2-7,16,18-19,41H,8-15,17,20-24H2,1H3,(H,42,53)(H,44,50)(H,46,52). The number of nitrogens with zero attached hydrogens (tertiary/aromatic N) is 5. The Morgan fingerprint density at radius 1 is 0.964 bits per heavy atom. The predicted molar refractivity (Wildman–Crippen MR) is 204 cm³/mol. The number of anilines is 2. The monoisotopic (exact) mass is 769 g/mol. The van der Waals surface area contributed by atoms with Crippen molar-refractivity contribution >= 4 is 45.8 Å². The van der Waals surface area contributed by atoms with Gasteiger partial charge in [0.25, 0.3) is 17.4 Å². The van der Waals surface area contributed by atoms with Crippen molar-refractivity contribution in [1.82, 2.24) is 35.6 Å². The van der Waals surface area contributed by atoms with Crippen LogP contribution in [0.4, 0.5) is 15.8 Å². The largest absolute Gasteiger partial charge is 0.380 e. The Kier molecular flexibility index (Phi) is 11.6. The highest BCUT2D eigenvalue weighted by atomic mass is 19.1. The maximum Gasteiger partial charge on any atom is 0.272 e. The summed E-state index contributed by atoms with van der Waals surface area (Å²) < 4.78 is 25.8. The smallest absolute Gasteiger partial charge is 0.272 e. The number of carbonyl (C=O) groups excluding carboxylic acids is 4. The molecule has 0 aliphatic carbocycles. The molecule has 3 saturated heterocycles. The van der Waals surface area contributed by atoms with E-state index in [9.17, 15) is 28.4 Å². The van der Waals surface area contributed by atoms with E-state index in [0.717, 1.165) is 32.0 Å². The summed E-state index contributed by atoms with van der Waals surface area (Å²) in [5.74, 6) is -1.96. The van der Waals surface area contributed by atoms with Crippen LogP contribution in [0.25, 0.3) is 10.8 Å². The highest BCUT2D eigenvalue weighted by Gasteiger charge is 2.49. The van der Waals surface area contributed by atoms with Gasteiger partial charge in [0, 0.05) is 71.1 Å². The van der Waals surface area contributed by atoms with Gasteiger partial charge in [0.05, 0.1) is 72.6 Å². The highest BCUT2D eigenvalue weighted by molar-refractivity contribution is 6.02. The van der Waals surface area contributed by atoms with Crippen LogP contribution in [0.5, 0.6) is 0 Å². The molecule has 17 heteroatoms. The zero-order chi connectivity index (χ0) is 39.2. The van der Waals surface area contributed by atoms with E-state index >= 15 is 0 Å². The van der Waals surface area contributed by atoms with Gasteiger partial charge in [-0.1, -0.05) is 24.3 Å². The van der Waals surface area contributed by atoms with Gasteiger partial charge in [0.2, 0.25) is 11.8 Å². The second-order valence-electron chi connectivity index (χ2n) is 14.4. The summed E-state index contributed by atoms with van der Waals surface area (Å²) in [6, 6.07) is 13.2. The lowest BCUT2D eigenvalue weighted by atomic mass is 9.78. The van der Waals surface area contributed by atoms with E-state index in [1.807, 2.05) is 6.07 Å². The summed E-state index contributed by atoms with van der Waals surface area (Å²) in [6.07, 6.45) is 1.93. The molecule has 3 aliphatic heterocycles. The van der Waals surface area contributed by atoms with Gasteiger partial charge < -0.3 is 40.1 Å². The van der Waals surface area contributed by atoms with Gasteiger partial charge in [-0.2, -0.15) is 5.10 Å². The molecule has 7 rings (SSSR count). The number of ether oxygens (including phenoxy) is 2. The molecule has 16 nitrogen and oxygen atoms in total. The van der Waals surface area contributed by atoms with Crippen LogP contribution in [-0.4, -0.2) is 134 Å². The van der Waals surface area contributed by atoms with Crippen molar-refractivity contribution in [2.45, 2.75) is 13.3 Å². The number of rotatable bonds is 14. The van der Waals surface area contributed by atoms with E-state index in [4.69, 9.17) is 9.47 Å². The number of amides is 4. The summed E-state index contributed by atoms with van der Waals surface area (Å²) >= 11 is 0. The number of benzene rings is 2. The Hall–Kier alpha value is -5.78. The number of fused-ring (bicyclic) bond motifs is 1. The number of aromatic amines is 1. The fraction of sp³-hybridized carbons (Fsp3) is 0.410. The Labute approximate surface area is 321 Å². The van der Waals surface area contributed by atoms with Gasteiger partial charge in [0.15, 0.2) is 5.69 Å². The average molecular weight is 770 g/mol. The molecule has 0 radical (unpaired) electrons. The van der Waals surface area contributed by atoms with E-state index < -0.39 is 17.6 Å². The SMILES string of the molecule is CC(=O)Nc1cc(N2CC3(COC3)C2)cnc1C(=O)NCCOCCNCC(=O)N1CCN(C(=O)c2cc(Cc3n[nH]c(=O)c4ccccc34)ccc2F)CC1. The molecular formula is C39H44FN9O7. The summed E-state index contributed by atoms with van der Waals surface area (Å²) in [5.41, 5.74) is 2.42. The van der Waals surface area contributed by atoms with E-state index in [-0.39, 0.29) is 66.8 Å². The van der Waals surface area contributed by atoms with Crippen molar-refractivity contribution < 1.29 is 33.0 Å². The van der Waals surface area contributed by atoms with Crippen LogP contribution in [0, 0.1) is 11.2 Å². The van der Waals surface area contributed by atoms with E-state index in [2.05, 4.69) is 36.0 Å². The number of piperazine rings is 1. The fourth-order valence-electron chi connectivity index (χ4n) is 7.16. The van der Waals surface area contributed by atoms with Crippen molar-refractivity contribution in [1.29, 1.82) is 0 Å². The van der Waals surface area contributed by atoms with E-state index in [1.54, 1.807) is 46.3 Å². The zero-order valence-electron chi connectivity index (χ0n) is 31.1. The molecule has 4 aromatic rings. The molecule has 4 N–H and O–H groups in total. The second-order valence-corrected chi connectivity index (χ2v) is 14.4. The molecule has 3 aliphatic rings. The predicted octanol–water partition coefficient (Wildman–Crippen LogP) is 1.16. The molecule has 2 aromatic heterocycles. The molecule has 1 spiro atoms. The normalized spacial score (nSPS) is 16.0. The molecular weight excluding hydrogens is 725 g/mol. The highest BCUT2D eigenvalue weighted by Crippen LogP contribution is 2.40. The van der Waals surface area contributed by atoms with Crippen LogP contribution in [-0.2, 0) is 25.5 Å². The molecule has 2 aromatic carbocycles. The number of nitrogens with one attached hydrogen (secondary N) is 4. The van der Waals surface area contributed by atoms with E-state index in [0.29, 0.717) is 60.4 Å². The van der Waals surface area contributed by atoms with Crippen molar-refractivity contribution in [3.05, 3.63) is 93.4 Å². The Morgan fingerprint density at radius 3 is 2.43 bits per heavy atom. The molecule has 0 atom stereocenters. The number of hydrogen-bond donors (Lipinski definition) is 4. The Bertz CT molecular complexity index is 2180. The zero-order valence-corrected chi connectivity index (χ0v) is 31.1. The van der Waals surface area contributed by atoms with Gasteiger partial charge in [-0.25, -0.2) is 14.5 Å². The summed E-state index contributed by atoms with van der Waals surface area (Å²) in [6.45, 7) is 6.94. The number of H-pyrrole nitrogens is 1.